The number of benzene rings is 1. The molecule has 0 fully saturated rings. The van der Waals surface area contributed by atoms with Crippen molar-refractivity contribution in [1.82, 2.24) is 5.32 Å². The topological polar surface area (TPSA) is 41.1 Å². The zero-order chi connectivity index (χ0) is 13.7. The Morgan fingerprint density at radius 1 is 1.44 bits per heavy atom. The van der Waals surface area contributed by atoms with Crippen molar-refractivity contribution in [3.63, 3.8) is 0 Å². The zero-order valence-corrected chi connectivity index (χ0v) is 14.5. The molecule has 1 amide bonds. The summed E-state index contributed by atoms with van der Waals surface area (Å²) in [6.45, 7) is 5.93. The first-order valence-electron chi connectivity index (χ1n) is 5.96. The van der Waals surface area contributed by atoms with Gasteiger partial charge in [0.1, 0.15) is 6.04 Å². The summed E-state index contributed by atoms with van der Waals surface area (Å²) in [4.78, 5) is 11.9. The highest BCUT2D eigenvalue weighted by Crippen LogP contribution is 2.23. The number of anilines is 1. The molecule has 0 aliphatic carbocycles. The van der Waals surface area contributed by atoms with E-state index in [1.165, 1.54) is 0 Å². The summed E-state index contributed by atoms with van der Waals surface area (Å²) < 4.78 is 2.18. The SMILES string of the molecule is CCC(C)NC(=O)C(C)Nc1ccc(I)c(Br)c1. The second-order valence-corrected chi connectivity index (χ2v) is 6.33. The van der Waals surface area contributed by atoms with Crippen molar-refractivity contribution < 1.29 is 4.79 Å². The van der Waals surface area contributed by atoms with Gasteiger partial charge >= 0.3 is 0 Å². The van der Waals surface area contributed by atoms with Crippen LogP contribution >= 0.6 is 38.5 Å². The Bertz CT molecular complexity index is 425. The minimum absolute atomic E-state index is 0.0269. The molecule has 1 rings (SSSR count). The average molecular weight is 425 g/mol. The predicted octanol–water partition coefficient (Wildman–Crippen LogP) is 3.77. The first kappa shape index (κ1) is 15.8. The van der Waals surface area contributed by atoms with Crippen LogP contribution in [0.5, 0.6) is 0 Å². The van der Waals surface area contributed by atoms with E-state index >= 15 is 0 Å². The summed E-state index contributed by atoms with van der Waals surface area (Å²) in [6, 6.07) is 5.93. The second-order valence-electron chi connectivity index (χ2n) is 4.31. The molecule has 0 bridgehead atoms. The van der Waals surface area contributed by atoms with E-state index in [0.29, 0.717) is 0 Å². The van der Waals surface area contributed by atoms with Gasteiger partial charge in [-0.3, -0.25) is 4.79 Å². The number of hydrogen-bond donors (Lipinski definition) is 2. The molecule has 0 aliphatic heterocycles. The molecule has 0 aromatic heterocycles. The van der Waals surface area contributed by atoms with Gasteiger partial charge in [-0.1, -0.05) is 6.92 Å². The van der Waals surface area contributed by atoms with E-state index in [0.717, 1.165) is 20.2 Å². The lowest BCUT2D eigenvalue weighted by Crippen LogP contribution is -2.41. The summed E-state index contributed by atoms with van der Waals surface area (Å²) in [6.07, 6.45) is 0.938. The van der Waals surface area contributed by atoms with Gasteiger partial charge in [-0.05, 0) is 77.0 Å². The molecule has 0 heterocycles. The molecular formula is C13H18BrIN2O. The largest absolute Gasteiger partial charge is 0.374 e. The maximum absolute atomic E-state index is 11.9. The number of hydrogen-bond acceptors (Lipinski definition) is 2. The summed E-state index contributed by atoms with van der Waals surface area (Å²) in [7, 11) is 0. The molecular weight excluding hydrogens is 407 g/mol. The highest BCUT2D eigenvalue weighted by Gasteiger charge is 2.14. The minimum Gasteiger partial charge on any atom is -0.374 e. The summed E-state index contributed by atoms with van der Waals surface area (Å²) in [5.74, 6) is 0.0269. The van der Waals surface area contributed by atoms with Crippen LogP contribution in [0.25, 0.3) is 0 Å². The third-order valence-corrected chi connectivity index (χ3v) is 5.04. The maximum atomic E-state index is 11.9. The van der Waals surface area contributed by atoms with Crippen LogP contribution in [0.4, 0.5) is 5.69 Å². The smallest absolute Gasteiger partial charge is 0.242 e. The van der Waals surface area contributed by atoms with Crippen molar-refractivity contribution in [2.75, 3.05) is 5.32 Å². The molecule has 0 saturated heterocycles. The Morgan fingerprint density at radius 3 is 2.67 bits per heavy atom. The molecule has 1 aromatic carbocycles. The van der Waals surface area contributed by atoms with Gasteiger partial charge in [-0.15, -0.1) is 0 Å². The van der Waals surface area contributed by atoms with Crippen LogP contribution in [0.2, 0.25) is 0 Å². The number of halogens is 2. The fourth-order valence-corrected chi connectivity index (χ4v) is 2.09. The van der Waals surface area contributed by atoms with Crippen LogP contribution in [0.1, 0.15) is 27.2 Å². The van der Waals surface area contributed by atoms with Crippen molar-refractivity contribution >= 4 is 50.1 Å². The lowest BCUT2D eigenvalue weighted by atomic mass is 10.2. The average Bonchev–Trinajstić information content (AvgIpc) is 2.33. The minimum atomic E-state index is -0.244. The fourth-order valence-electron chi connectivity index (χ4n) is 1.37. The molecule has 2 atom stereocenters. The van der Waals surface area contributed by atoms with E-state index in [2.05, 4.69) is 56.1 Å². The quantitative estimate of drug-likeness (QED) is 0.706. The van der Waals surface area contributed by atoms with Gasteiger partial charge in [-0.2, -0.15) is 0 Å². The molecule has 5 heteroatoms. The standard InChI is InChI=1S/C13H18BrIN2O/c1-4-8(2)16-13(18)9(3)17-10-5-6-12(15)11(14)7-10/h5-9,17H,4H2,1-3H3,(H,16,18). The van der Waals surface area contributed by atoms with Crippen LogP contribution in [0.15, 0.2) is 22.7 Å². The predicted molar refractivity (Wildman–Crippen MR) is 87.8 cm³/mol. The normalized spacial score (nSPS) is 13.8. The number of rotatable bonds is 5. The van der Waals surface area contributed by atoms with E-state index in [4.69, 9.17) is 0 Å². The van der Waals surface area contributed by atoms with Gasteiger partial charge < -0.3 is 10.6 Å². The lowest BCUT2D eigenvalue weighted by Gasteiger charge is -2.18. The first-order chi connectivity index (χ1) is 8.43. The van der Waals surface area contributed by atoms with Crippen molar-refractivity contribution in [2.24, 2.45) is 0 Å². The highest BCUT2D eigenvalue weighted by molar-refractivity contribution is 14.1. The van der Waals surface area contributed by atoms with E-state index in [1.54, 1.807) is 0 Å². The number of amides is 1. The van der Waals surface area contributed by atoms with Gasteiger partial charge in [0.2, 0.25) is 5.91 Å². The van der Waals surface area contributed by atoms with E-state index in [9.17, 15) is 4.79 Å². The van der Waals surface area contributed by atoms with Gasteiger partial charge in [0.25, 0.3) is 0 Å². The van der Waals surface area contributed by atoms with Crippen molar-refractivity contribution in [3.05, 3.63) is 26.2 Å². The Hall–Kier alpha value is -0.300. The van der Waals surface area contributed by atoms with Gasteiger partial charge in [0.15, 0.2) is 0 Å². The van der Waals surface area contributed by atoms with Crippen LogP contribution in [-0.2, 0) is 4.79 Å². The molecule has 2 N–H and O–H groups in total. The van der Waals surface area contributed by atoms with Gasteiger partial charge in [-0.25, -0.2) is 0 Å². The first-order valence-corrected chi connectivity index (χ1v) is 7.83. The van der Waals surface area contributed by atoms with Crippen molar-refractivity contribution in [2.45, 2.75) is 39.3 Å². The van der Waals surface area contributed by atoms with Crippen LogP contribution in [-0.4, -0.2) is 18.0 Å². The second kappa shape index (κ2) is 7.33. The number of nitrogens with one attached hydrogen (secondary N) is 2. The molecule has 3 nitrogen and oxygen atoms in total. The van der Waals surface area contributed by atoms with Gasteiger partial charge in [0.05, 0.1) is 0 Å². The third kappa shape index (κ3) is 4.76. The van der Waals surface area contributed by atoms with Crippen LogP contribution in [0.3, 0.4) is 0 Å². The summed E-state index contributed by atoms with van der Waals surface area (Å²) in [5.41, 5.74) is 0.939. The maximum Gasteiger partial charge on any atom is 0.242 e. The Labute approximate surface area is 130 Å². The Balaban J connectivity index is 2.60. The van der Waals surface area contributed by atoms with E-state index in [-0.39, 0.29) is 18.0 Å². The van der Waals surface area contributed by atoms with Crippen LogP contribution < -0.4 is 10.6 Å². The zero-order valence-electron chi connectivity index (χ0n) is 10.8. The fraction of sp³-hybridized carbons (Fsp3) is 0.462. The number of carbonyl (C=O) groups is 1. The summed E-state index contributed by atoms with van der Waals surface area (Å²) in [5, 5.41) is 6.15. The van der Waals surface area contributed by atoms with Crippen molar-refractivity contribution in [1.29, 1.82) is 0 Å². The highest BCUT2D eigenvalue weighted by atomic mass is 127. The summed E-state index contributed by atoms with van der Waals surface area (Å²) >= 11 is 5.73. The van der Waals surface area contributed by atoms with Gasteiger partial charge in [0, 0.05) is 19.8 Å². The molecule has 0 saturated carbocycles. The Morgan fingerprint density at radius 2 is 2.11 bits per heavy atom. The monoisotopic (exact) mass is 424 g/mol. The van der Waals surface area contributed by atoms with E-state index in [1.807, 2.05) is 32.0 Å². The molecule has 1 aromatic rings. The van der Waals surface area contributed by atoms with Crippen molar-refractivity contribution in [3.8, 4) is 0 Å². The molecule has 0 spiro atoms. The van der Waals surface area contributed by atoms with Crippen LogP contribution in [0, 0.1) is 3.57 Å². The number of carbonyl (C=O) groups excluding carboxylic acids is 1. The molecule has 0 radical (unpaired) electrons. The third-order valence-electron chi connectivity index (χ3n) is 2.70. The van der Waals surface area contributed by atoms with E-state index < -0.39 is 0 Å². The lowest BCUT2D eigenvalue weighted by molar-refractivity contribution is -0.122. The molecule has 18 heavy (non-hydrogen) atoms. The molecule has 2 unspecified atom stereocenters. The molecule has 100 valence electrons. The molecule has 0 aliphatic rings. The Kier molecular flexibility index (Phi) is 6.42.